The van der Waals surface area contributed by atoms with Crippen molar-refractivity contribution in [1.82, 2.24) is 0 Å². The fraction of sp³-hybridized carbons (Fsp3) is 0.250. The van der Waals surface area contributed by atoms with E-state index in [0.717, 1.165) is 11.3 Å². The zero-order chi connectivity index (χ0) is 18.9. The van der Waals surface area contributed by atoms with Gasteiger partial charge < -0.3 is 14.9 Å². The molecule has 136 valence electrons. The van der Waals surface area contributed by atoms with Gasteiger partial charge in [0.1, 0.15) is 5.75 Å². The Morgan fingerprint density at radius 2 is 1.92 bits per heavy atom. The second-order valence-corrected chi connectivity index (χ2v) is 5.61. The third kappa shape index (κ3) is 5.73. The van der Waals surface area contributed by atoms with Gasteiger partial charge in [0, 0.05) is 11.3 Å². The number of rotatable bonds is 8. The molecule has 1 atom stereocenters. The van der Waals surface area contributed by atoms with Crippen molar-refractivity contribution >= 4 is 23.6 Å². The molecule has 26 heavy (non-hydrogen) atoms. The molecule has 0 aromatic heterocycles. The number of oxime groups is 1. The molecule has 0 fully saturated rings. The Bertz CT molecular complexity index is 785. The van der Waals surface area contributed by atoms with Crippen LogP contribution in [0.1, 0.15) is 36.7 Å². The minimum absolute atomic E-state index is 0.0645. The molecule has 2 aromatic rings. The minimum Gasteiger partial charge on any atom is -0.494 e. The van der Waals surface area contributed by atoms with E-state index < -0.39 is 6.10 Å². The summed E-state index contributed by atoms with van der Waals surface area (Å²) in [5, 5.41) is 6.55. The van der Waals surface area contributed by atoms with Crippen molar-refractivity contribution in [2.75, 3.05) is 11.9 Å². The first kappa shape index (κ1) is 19.2. The van der Waals surface area contributed by atoms with Crippen molar-refractivity contribution in [1.29, 1.82) is 0 Å². The van der Waals surface area contributed by atoms with Crippen molar-refractivity contribution in [3.8, 4) is 5.75 Å². The summed E-state index contributed by atoms with van der Waals surface area (Å²) in [6, 6.07) is 14.1. The molecule has 0 saturated heterocycles. The highest BCUT2D eigenvalue weighted by atomic mass is 16.6. The highest BCUT2D eigenvalue weighted by molar-refractivity contribution is 5.98. The van der Waals surface area contributed by atoms with Gasteiger partial charge in [0.15, 0.2) is 5.78 Å². The zero-order valence-corrected chi connectivity index (χ0v) is 15.1. The minimum atomic E-state index is -0.782. The van der Waals surface area contributed by atoms with Crippen molar-refractivity contribution in [3.63, 3.8) is 0 Å². The van der Waals surface area contributed by atoms with Gasteiger partial charge in [-0.15, -0.1) is 0 Å². The van der Waals surface area contributed by atoms with E-state index in [1.165, 1.54) is 13.1 Å². The summed E-state index contributed by atoms with van der Waals surface area (Å²) < 4.78 is 5.36. The number of amides is 1. The number of ketones is 1. The number of carbonyl (C=O) groups excluding carboxylic acids is 2. The lowest BCUT2D eigenvalue weighted by atomic mass is 10.1. The molecule has 1 N–H and O–H groups in total. The molecule has 0 heterocycles. The van der Waals surface area contributed by atoms with Gasteiger partial charge in [-0.3, -0.25) is 9.59 Å². The van der Waals surface area contributed by atoms with Crippen molar-refractivity contribution in [2.24, 2.45) is 5.16 Å². The molecular weight excluding hydrogens is 332 g/mol. The smallest absolute Gasteiger partial charge is 0.267 e. The molecule has 0 bridgehead atoms. The van der Waals surface area contributed by atoms with Crippen LogP contribution in [-0.4, -0.2) is 30.6 Å². The average Bonchev–Trinajstić information content (AvgIpc) is 2.63. The van der Waals surface area contributed by atoms with Crippen LogP contribution in [0.3, 0.4) is 0 Å². The van der Waals surface area contributed by atoms with Gasteiger partial charge in [0.25, 0.3) is 5.91 Å². The molecule has 0 spiro atoms. The molecule has 0 aliphatic heterocycles. The van der Waals surface area contributed by atoms with Gasteiger partial charge in [0.05, 0.1) is 12.8 Å². The van der Waals surface area contributed by atoms with Crippen LogP contribution in [0.4, 0.5) is 5.69 Å². The lowest BCUT2D eigenvalue weighted by molar-refractivity contribution is -0.126. The Hall–Kier alpha value is -3.15. The maximum absolute atomic E-state index is 12.1. The van der Waals surface area contributed by atoms with E-state index in [4.69, 9.17) is 9.57 Å². The molecule has 0 radical (unpaired) electrons. The predicted molar refractivity (Wildman–Crippen MR) is 101 cm³/mol. The second-order valence-electron chi connectivity index (χ2n) is 5.61. The van der Waals surface area contributed by atoms with E-state index in [2.05, 4.69) is 10.5 Å². The number of carbonyl (C=O) groups is 2. The second kappa shape index (κ2) is 9.36. The van der Waals surface area contributed by atoms with Crippen LogP contribution >= 0.6 is 0 Å². The number of nitrogens with one attached hydrogen (secondary N) is 1. The van der Waals surface area contributed by atoms with Crippen LogP contribution in [-0.2, 0) is 9.63 Å². The van der Waals surface area contributed by atoms with E-state index in [1.807, 2.05) is 31.2 Å². The van der Waals surface area contributed by atoms with Gasteiger partial charge in [-0.05, 0) is 62.7 Å². The van der Waals surface area contributed by atoms with E-state index in [0.29, 0.717) is 17.9 Å². The molecule has 2 aromatic carbocycles. The monoisotopic (exact) mass is 354 g/mol. The molecule has 0 aliphatic rings. The first-order valence-corrected chi connectivity index (χ1v) is 8.33. The van der Waals surface area contributed by atoms with Crippen molar-refractivity contribution < 1.29 is 19.2 Å². The SMILES string of the molecule is CCOc1ccc(/C=N/OC(C)C(=O)Nc2cccc(C(C)=O)c2)cc1. The van der Waals surface area contributed by atoms with Crippen LogP contribution in [0.5, 0.6) is 5.75 Å². The van der Waals surface area contributed by atoms with Crippen molar-refractivity contribution in [3.05, 3.63) is 59.7 Å². The Morgan fingerprint density at radius 1 is 1.19 bits per heavy atom. The van der Waals surface area contributed by atoms with E-state index in [-0.39, 0.29) is 11.7 Å². The first-order chi connectivity index (χ1) is 12.5. The lowest BCUT2D eigenvalue weighted by Crippen LogP contribution is -2.26. The number of hydrogen-bond acceptors (Lipinski definition) is 5. The highest BCUT2D eigenvalue weighted by Crippen LogP contribution is 2.13. The number of ether oxygens (including phenoxy) is 1. The van der Waals surface area contributed by atoms with Crippen molar-refractivity contribution in [2.45, 2.75) is 26.9 Å². The summed E-state index contributed by atoms with van der Waals surface area (Å²) in [5.41, 5.74) is 1.90. The fourth-order valence-corrected chi connectivity index (χ4v) is 2.11. The van der Waals surface area contributed by atoms with E-state index in [9.17, 15) is 9.59 Å². The number of benzene rings is 2. The standard InChI is InChI=1S/C20H22N2O4/c1-4-25-19-10-8-16(9-11-19)13-21-26-15(3)20(24)22-18-7-5-6-17(12-18)14(2)23/h5-13,15H,4H2,1-3H3,(H,22,24)/b21-13+. The maximum Gasteiger partial charge on any atom is 0.267 e. The maximum atomic E-state index is 12.1. The Kier molecular flexibility index (Phi) is 6.91. The summed E-state index contributed by atoms with van der Waals surface area (Å²) in [5.74, 6) is 0.367. The lowest BCUT2D eigenvalue weighted by Gasteiger charge is -2.11. The summed E-state index contributed by atoms with van der Waals surface area (Å²) in [7, 11) is 0. The highest BCUT2D eigenvalue weighted by Gasteiger charge is 2.14. The molecule has 0 aliphatic carbocycles. The zero-order valence-electron chi connectivity index (χ0n) is 15.1. The molecule has 1 amide bonds. The Labute approximate surface area is 152 Å². The topological polar surface area (TPSA) is 77.0 Å². The van der Waals surface area contributed by atoms with E-state index >= 15 is 0 Å². The third-order valence-electron chi connectivity index (χ3n) is 3.52. The molecule has 2 rings (SSSR count). The molecule has 6 nitrogen and oxygen atoms in total. The predicted octanol–water partition coefficient (Wildman–Crippen LogP) is 3.67. The molecular formula is C20H22N2O4. The van der Waals surface area contributed by atoms with Gasteiger partial charge >= 0.3 is 0 Å². The van der Waals surface area contributed by atoms with Crippen LogP contribution < -0.4 is 10.1 Å². The van der Waals surface area contributed by atoms with Gasteiger partial charge in [-0.25, -0.2) is 0 Å². The number of anilines is 1. The van der Waals surface area contributed by atoms with Crippen LogP contribution in [0.2, 0.25) is 0 Å². The van der Waals surface area contributed by atoms with E-state index in [1.54, 1.807) is 31.2 Å². The summed E-state index contributed by atoms with van der Waals surface area (Å²) in [6.45, 7) is 5.60. The van der Waals surface area contributed by atoms with Crippen LogP contribution in [0, 0.1) is 0 Å². The third-order valence-corrected chi connectivity index (χ3v) is 3.52. The Morgan fingerprint density at radius 3 is 2.58 bits per heavy atom. The number of Topliss-reactive ketones (excluding diaryl/α,β-unsaturated/α-hetero) is 1. The first-order valence-electron chi connectivity index (χ1n) is 8.33. The molecule has 1 unspecified atom stereocenters. The number of nitrogens with zero attached hydrogens (tertiary/aromatic N) is 1. The summed E-state index contributed by atoms with van der Waals surface area (Å²) in [4.78, 5) is 28.7. The Balaban J connectivity index is 1.88. The van der Waals surface area contributed by atoms with Gasteiger partial charge in [-0.2, -0.15) is 0 Å². The fourth-order valence-electron chi connectivity index (χ4n) is 2.11. The largest absolute Gasteiger partial charge is 0.494 e. The summed E-state index contributed by atoms with van der Waals surface area (Å²) in [6.07, 6.45) is 0.741. The molecule has 0 saturated carbocycles. The van der Waals surface area contributed by atoms with Gasteiger partial charge in [0.2, 0.25) is 6.10 Å². The quantitative estimate of drug-likeness (QED) is 0.446. The molecule has 6 heteroatoms. The number of hydrogen-bond donors (Lipinski definition) is 1. The van der Waals surface area contributed by atoms with Gasteiger partial charge in [-0.1, -0.05) is 17.3 Å². The van der Waals surface area contributed by atoms with Crippen LogP contribution in [0.15, 0.2) is 53.7 Å². The summed E-state index contributed by atoms with van der Waals surface area (Å²) >= 11 is 0. The average molecular weight is 354 g/mol. The normalized spacial score (nSPS) is 11.8. The van der Waals surface area contributed by atoms with Crippen LogP contribution in [0.25, 0.3) is 0 Å².